The molecule has 1 aromatic rings. The SMILES string of the molecule is OC1CCCCC1Oc1ccc(Br)nc1. The lowest BCUT2D eigenvalue weighted by atomic mass is 9.95. The minimum atomic E-state index is -0.331. The molecule has 0 amide bonds. The summed E-state index contributed by atoms with van der Waals surface area (Å²) in [4.78, 5) is 4.08. The number of hydrogen-bond donors (Lipinski definition) is 1. The Morgan fingerprint density at radius 2 is 2.13 bits per heavy atom. The molecule has 0 radical (unpaired) electrons. The number of ether oxygens (including phenoxy) is 1. The van der Waals surface area contributed by atoms with Crippen LogP contribution in [0.3, 0.4) is 0 Å². The molecule has 1 saturated carbocycles. The lowest BCUT2D eigenvalue weighted by Gasteiger charge is -2.27. The average molecular weight is 272 g/mol. The fourth-order valence-electron chi connectivity index (χ4n) is 1.82. The Labute approximate surface area is 97.6 Å². The van der Waals surface area contributed by atoms with Crippen LogP contribution in [0, 0.1) is 0 Å². The van der Waals surface area contributed by atoms with E-state index in [0.29, 0.717) is 0 Å². The van der Waals surface area contributed by atoms with Gasteiger partial charge in [0.2, 0.25) is 0 Å². The van der Waals surface area contributed by atoms with Gasteiger partial charge in [-0.05, 0) is 47.3 Å². The van der Waals surface area contributed by atoms with E-state index in [1.807, 2.05) is 12.1 Å². The van der Waals surface area contributed by atoms with Crippen molar-refractivity contribution < 1.29 is 9.84 Å². The minimum absolute atomic E-state index is 0.0678. The summed E-state index contributed by atoms with van der Waals surface area (Å²) in [6, 6.07) is 3.70. The average Bonchev–Trinajstić information content (AvgIpc) is 2.25. The first-order valence-electron chi connectivity index (χ1n) is 5.22. The second-order valence-corrected chi connectivity index (χ2v) is 4.64. The molecule has 0 bridgehead atoms. The summed E-state index contributed by atoms with van der Waals surface area (Å²) in [7, 11) is 0. The highest BCUT2D eigenvalue weighted by molar-refractivity contribution is 9.10. The lowest BCUT2D eigenvalue weighted by molar-refractivity contribution is 0.00668. The van der Waals surface area contributed by atoms with Gasteiger partial charge < -0.3 is 9.84 Å². The molecule has 0 aliphatic heterocycles. The quantitative estimate of drug-likeness (QED) is 0.841. The molecule has 82 valence electrons. The van der Waals surface area contributed by atoms with Gasteiger partial charge in [-0.3, -0.25) is 0 Å². The first kappa shape index (κ1) is 10.9. The Morgan fingerprint density at radius 3 is 2.80 bits per heavy atom. The topological polar surface area (TPSA) is 42.4 Å². The minimum Gasteiger partial charge on any atom is -0.486 e. The molecule has 2 atom stereocenters. The van der Waals surface area contributed by atoms with Gasteiger partial charge in [0.1, 0.15) is 16.5 Å². The van der Waals surface area contributed by atoms with Crippen LogP contribution in [0.2, 0.25) is 0 Å². The fraction of sp³-hybridized carbons (Fsp3) is 0.545. The number of aliphatic hydroxyl groups is 1. The smallest absolute Gasteiger partial charge is 0.138 e. The summed E-state index contributed by atoms with van der Waals surface area (Å²) in [5.74, 6) is 0.726. The van der Waals surface area contributed by atoms with Crippen molar-refractivity contribution in [2.24, 2.45) is 0 Å². The van der Waals surface area contributed by atoms with E-state index >= 15 is 0 Å². The second-order valence-electron chi connectivity index (χ2n) is 3.82. The van der Waals surface area contributed by atoms with Gasteiger partial charge in [0.25, 0.3) is 0 Å². The highest BCUT2D eigenvalue weighted by Crippen LogP contribution is 2.23. The third-order valence-corrected chi connectivity index (χ3v) is 3.12. The van der Waals surface area contributed by atoms with Crippen molar-refractivity contribution in [3.05, 3.63) is 22.9 Å². The maximum Gasteiger partial charge on any atom is 0.138 e. The summed E-state index contributed by atoms with van der Waals surface area (Å²) in [6.45, 7) is 0. The first-order chi connectivity index (χ1) is 7.25. The van der Waals surface area contributed by atoms with Gasteiger partial charge in [0, 0.05) is 0 Å². The predicted molar refractivity (Wildman–Crippen MR) is 60.8 cm³/mol. The molecular weight excluding hydrogens is 258 g/mol. The van der Waals surface area contributed by atoms with Gasteiger partial charge in [0.05, 0.1) is 12.3 Å². The standard InChI is InChI=1S/C11H14BrNO2/c12-11-6-5-8(7-13-11)15-10-4-2-1-3-9(10)14/h5-7,9-10,14H,1-4H2. The first-order valence-corrected chi connectivity index (χ1v) is 6.01. The Morgan fingerprint density at radius 1 is 1.33 bits per heavy atom. The van der Waals surface area contributed by atoms with Gasteiger partial charge in [-0.25, -0.2) is 4.98 Å². The van der Waals surface area contributed by atoms with E-state index in [2.05, 4.69) is 20.9 Å². The number of rotatable bonds is 2. The highest BCUT2D eigenvalue weighted by atomic mass is 79.9. The van der Waals surface area contributed by atoms with Crippen LogP contribution in [0.15, 0.2) is 22.9 Å². The van der Waals surface area contributed by atoms with Crippen LogP contribution < -0.4 is 4.74 Å². The van der Waals surface area contributed by atoms with Crippen molar-refractivity contribution in [1.82, 2.24) is 4.98 Å². The van der Waals surface area contributed by atoms with Crippen LogP contribution in [0.4, 0.5) is 0 Å². The Hall–Kier alpha value is -0.610. The maximum absolute atomic E-state index is 9.73. The van der Waals surface area contributed by atoms with Gasteiger partial charge >= 0.3 is 0 Å². The molecule has 15 heavy (non-hydrogen) atoms. The van der Waals surface area contributed by atoms with Crippen LogP contribution in [-0.4, -0.2) is 22.3 Å². The number of aliphatic hydroxyl groups excluding tert-OH is 1. The number of halogens is 1. The van der Waals surface area contributed by atoms with Crippen molar-refractivity contribution in [2.75, 3.05) is 0 Å². The molecule has 1 N–H and O–H groups in total. The maximum atomic E-state index is 9.73. The molecule has 1 aliphatic carbocycles. The van der Waals surface area contributed by atoms with E-state index in [4.69, 9.17) is 4.74 Å². The summed E-state index contributed by atoms with van der Waals surface area (Å²) in [5, 5.41) is 9.73. The van der Waals surface area contributed by atoms with Crippen LogP contribution in [0.1, 0.15) is 25.7 Å². The molecular formula is C11H14BrNO2. The van der Waals surface area contributed by atoms with E-state index < -0.39 is 0 Å². The zero-order valence-corrected chi connectivity index (χ0v) is 9.98. The van der Waals surface area contributed by atoms with Crippen molar-refractivity contribution >= 4 is 15.9 Å². The third-order valence-electron chi connectivity index (χ3n) is 2.66. The van der Waals surface area contributed by atoms with Crippen LogP contribution in [-0.2, 0) is 0 Å². The highest BCUT2D eigenvalue weighted by Gasteiger charge is 2.24. The van der Waals surface area contributed by atoms with Crippen molar-refractivity contribution in [3.8, 4) is 5.75 Å². The van der Waals surface area contributed by atoms with Crippen LogP contribution >= 0.6 is 15.9 Å². The fourth-order valence-corrected chi connectivity index (χ4v) is 2.06. The molecule has 0 saturated heterocycles. The van der Waals surface area contributed by atoms with E-state index in [0.717, 1.165) is 36.0 Å². The van der Waals surface area contributed by atoms with Crippen molar-refractivity contribution in [2.45, 2.75) is 37.9 Å². The number of hydrogen-bond acceptors (Lipinski definition) is 3. The van der Waals surface area contributed by atoms with Gasteiger partial charge in [-0.1, -0.05) is 6.42 Å². The third kappa shape index (κ3) is 2.92. The molecule has 2 unspecified atom stereocenters. The number of pyridine rings is 1. The van der Waals surface area contributed by atoms with E-state index in [-0.39, 0.29) is 12.2 Å². The monoisotopic (exact) mass is 271 g/mol. The normalized spacial score (nSPS) is 26.3. The summed E-state index contributed by atoms with van der Waals surface area (Å²) in [5.41, 5.74) is 0. The van der Waals surface area contributed by atoms with E-state index in [9.17, 15) is 5.11 Å². The molecule has 1 heterocycles. The van der Waals surface area contributed by atoms with Gasteiger partial charge in [0.15, 0.2) is 0 Å². The Kier molecular flexibility index (Phi) is 3.59. The summed E-state index contributed by atoms with van der Waals surface area (Å²) in [6.07, 6.45) is 5.27. The second kappa shape index (κ2) is 4.94. The zero-order chi connectivity index (χ0) is 10.7. The molecule has 0 spiro atoms. The molecule has 1 fully saturated rings. The van der Waals surface area contributed by atoms with Crippen molar-refractivity contribution in [3.63, 3.8) is 0 Å². The van der Waals surface area contributed by atoms with E-state index in [1.54, 1.807) is 6.20 Å². The molecule has 3 nitrogen and oxygen atoms in total. The Bertz CT molecular complexity index is 315. The summed E-state index contributed by atoms with van der Waals surface area (Å²) < 4.78 is 6.48. The summed E-state index contributed by atoms with van der Waals surface area (Å²) >= 11 is 3.27. The number of nitrogens with zero attached hydrogens (tertiary/aromatic N) is 1. The largest absolute Gasteiger partial charge is 0.486 e. The van der Waals surface area contributed by atoms with Crippen LogP contribution in [0.5, 0.6) is 5.75 Å². The number of aromatic nitrogens is 1. The molecule has 4 heteroatoms. The van der Waals surface area contributed by atoms with Crippen molar-refractivity contribution in [1.29, 1.82) is 0 Å². The van der Waals surface area contributed by atoms with E-state index in [1.165, 1.54) is 0 Å². The lowest BCUT2D eigenvalue weighted by Crippen LogP contribution is -2.34. The Balaban J connectivity index is 1.98. The molecule has 2 rings (SSSR count). The van der Waals surface area contributed by atoms with Gasteiger partial charge in [-0.2, -0.15) is 0 Å². The zero-order valence-electron chi connectivity index (χ0n) is 8.40. The van der Waals surface area contributed by atoms with Gasteiger partial charge in [-0.15, -0.1) is 0 Å². The molecule has 1 aromatic heterocycles. The molecule has 0 aromatic carbocycles. The van der Waals surface area contributed by atoms with Crippen LogP contribution in [0.25, 0.3) is 0 Å². The molecule has 1 aliphatic rings. The predicted octanol–water partition coefficient (Wildman–Crippen LogP) is 2.53.